The van der Waals surface area contributed by atoms with Gasteiger partial charge in [0.05, 0.1) is 0 Å². The number of hydrogen-bond acceptors (Lipinski definition) is 7. The number of carbonyl (C=O) groups excluding carboxylic acids is 2. The van der Waals surface area contributed by atoms with E-state index in [1.54, 1.807) is 24.3 Å². The molecule has 1 heterocycles. The van der Waals surface area contributed by atoms with Crippen molar-refractivity contribution in [1.82, 2.24) is 0 Å². The monoisotopic (exact) mass is 346 g/mol. The molecule has 0 spiro atoms. The molecule has 1 aliphatic rings. The Hall–Kier alpha value is -2.83. The Morgan fingerprint density at radius 1 is 1.00 bits per heavy atom. The smallest absolute Gasteiger partial charge is 0.336 e. The first kappa shape index (κ1) is 17.0. The summed E-state index contributed by atoms with van der Waals surface area (Å²) in [7, 11) is 0. The number of fused-ring (bicyclic) bond motifs is 1. The second kappa shape index (κ2) is 6.96. The van der Waals surface area contributed by atoms with Crippen LogP contribution in [0.25, 0.3) is 11.0 Å². The maximum absolute atomic E-state index is 11.3. The summed E-state index contributed by atoms with van der Waals surface area (Å²) in [5.41, 5.74) is -0.00794. The van der Waals surface area contributed by atoms with E-state index >= 15 is 0 Å². The summed E-state index contributed by atoms with van der Waals surface area (Å²) in [6.07, 6.45) is -0.543. The van der Waals surface area contributed by atoms with Gasteiger partial charge in [-0.1, -0.05) is 0 Å². The number of rotatable bonds is 4. The Morgan fingerprint density at radius 2 is 1.60 bits per heavy atom. The molecule has 0 bridgehead atoms. The van der Waals surface area contributed by atoms with Crippen molar-refractivity contribution in [3.05, 3.63) is 40.8 Å². The van der Waals surface area contributed by atoms with Gasteiger partial charge in [0.15, 0.2) is 0 Å². The van der Waals surface area contributed by atoms with E-state index in [4.69, 9.17) is 18.6 Å². The second-order valence-electron chi connectivity index (χ2n) is 5.96. The number of benzene rings is 1. The molecule has 0 amide bonds. The lowest BCUT2D eigenvalue weighted by Gasteiger charge is -2.18. The molecule has 3 rings (SSSR count). The van der Waals surface area contributed by atoms with Crippen LogP contribution in [0.4, 0.5) is 0 Å². The molecule has 0 radical (unpaired) electrons. The zero-order valence-electron chi connectivity index (χ0n) is 13.9. The van der Waals surface area contributed by atoms with E-state index < -0.39 is 29.8 Å². The quantitative estimate of drug-likeness (QED) is 0.619. The highest BCUT2D eigenvalue weighted by Gasteiger charge is 2.40. The summed E-state index contributed by atoms with van der Waals surface area (Å²) in [5.74, 6) is -0.345. The third-order valence-corrected chi connectivity index (χ3v) is 3.94. The van der Waals surface area contributed by atoms with Gasteiger partial charge in [0.2, 0.25) is 0 Å². The highest BCUT2D eigenvalue weighted by molar-refractivity contribution is 5.77. The Labute approximate surface area is 143 Å². The van der Waals surface area contributed by atoms with Crippen molar-refractivity contribution in [3.8, 4) is 5.75 Å². The van der Waals surface area contributed by atoms with Crippen LogP contribution in [-0.2, 0) is 19.1 Å². The van der Waals surface area contributed by atoms with Crippen LogP contribution in [0.5, 0.6) is 5.75 Å². The van der Waals surface area contributed by atoms with Gasteiger partial charge in [-0.25, -0.2) is 4.79 Å². The van der Waals surface area contributed by atoms with Crippen LogP contribution in [0.15, 0.2) is 39.5 Å². The lowest BCUT2D eigenvalue weighted by atomic mass is 10.2. The molecular weight excluding hydrogens is 328 g/mol. The minimum absolute atomic E-state index is 0.290. The van der Waals surface area contributed by atoms with E-state index in [-0.39, 0.29) is 6.10 Å². The van der Waals surface area contributed by atoms with E-state index in [9.17, 15) is 14.4 Å². The zero-order valence-corrected chi connectivity index (χ0v) is 13.9. The molecular formula is C18H18O7. The molecule has 7 heteroatoms. The summed E-state index contributed by atoms with van der Waals surface area (Å²) >= 11 is 0. The summed E-state index contributed by atoms with van der Waals surface area (Å²) in [6.45, 7) is 2.62. The molecule has 1 aromatic heterocycles. The topological polar surface area (TPSA) is 92.0 Å². The Kier molecular flexibility index (Phi) is 4.74. The molecule has 0 aliphatic heterocycles. The number of ether oxygens (including phenoxy) is 3. The fourth-order valence-electron chi connectivity index (χ4n) is 3.00. The highest BCUT2D eigenvalue weighted by atomic mass is 16.6. The van der Waals surface area contributed by atoms with Crippen molar-refractivity contribution in [3.63, 3.8) is 0 Å². The maximum Gasteiger partial charge on any atom is 0.336 e. The van der Waals surface area contributed by atoms with Gasteiger partial charge < -0.3 is 18.6 Å². The molecule has 25 heavy (non-hydrogen) atoms. The maximum atomic E-state index is 11.3. The molecule has 7 nitrogen and oxygen atoms in total. The van der Waals surface area contributed by atoms with E-state index in [1.165, 1.54) is 19.9 Å². The van der Waals surface area contributed by atoms with Crippen LogP contribution in [0.3, 0.4) is 0 Å². The minimum Gasteiger partial charge on any atom is -0.490 e. The van der Waals surface area contributed by atoms with Crippen LogP contribution >= 0.6 is 0 Å². The standard InChI is InChI=1S/C18H18O7/c1-10(19)22-16-8-14(9-17(16)23-11(2)20)24-13-5-3-12-4-6-18(21)25-15(12)7-13/h3-7,14,16-17H,8-9H2,1-2H3/t14-,16-,17+. The van der Waals surface area contributed by atoms with E-state index in [2.05, 4.69) is 0 Å². The molecule has 1 saturated carbocycles. The average molecular weight is 346 g/mol. The molecule has 1 fully saturated rings. The van der Waals surface area contributed by atoms with Gasteiger partial charge in [-0.15, -0.1) is 0 Å². The van der Waals surface area contributed by atoms with E-state index in [0.717, 1.165) is 5.39 Å². The Morgan fingerprint density at radius 3 is 2.20 bits per heavy atom. The first-order valence-corrected chi connectivity index (χ1v) is 7.96. The number of esters is 2. The van der Waals surface area contributed by atoms with Crippen molar-refractivity contribution >= 4 is 22.9 Å². The van der Waals surface area contributed by atoms with Crippen LogP contribution in [0.1, 0.15) is 26.7 Å². The normalized spacial score (nSPS) is 22.6. The van der Waals surface area contributed by atoms with Crippen LogP contribution in [0.2, 0.25) is 0 Å². The van der Waals surface area contributed by atoms with E-state index in [0.29, 0.717) is 24.2 Å². The largest absolute Gasteiger partial charge is 0.490 e. The van der Waals surface area contributed by atoms with E-state index in [1.807, 2.05) is 0 Å². The average Bonchev–Trinajstić information content (AvgIpc) is 2.86. The molecule has 0 saturated heterocycles. The molecule has 1 aliphatic carbocycles. The Bertz CT molecular complexity index is 830. The van der Waals surface area contributed by atoms with Crippen molar-refractivity contribution in [2.24, 2.45) is 0 Å². The SMILES string of the molecule is CC(=O)O[C@H]1C[C@H](Oc2ccc3ccc(=O)oc3c2)C[C@H]1OC(C)=O. The van der Waals surface area contributed by atoms with Gasteiger partial charge >= 0.3 is 17.6 Å². The number of carbonyl (C=O) groups is 2. The summed E-state index contributed by atoms with van der Waals surface area (Å²) in [4.78, 5) is 33.8. The summed E-state index contributed by atoms with van der Waals surface area (Å²) < 4.78 is 21.5. The lowest BCUT2D eigenvalue weighted by Crippen LogP contribution is -2.29. The van der Waals surface area contributed by atoms with Crippen molar-refractivity contribution in [2.75, 3.05) is 0 Å². The van der Waals surface area contributed by atoms with Crippen LogP contribution in [-0.4, -0.2) is 30.3 Å². The predicted octanol–water partition coefficient (Wildman–Crippen LogP) is 2.20. The second-order valence-corrected chi connectivity index (χ2v) is 5.96. The first-order valence-electron chi connectivity index (χ1n) is 7.96. The Balaban J connectivity index is 1.74. The zero-order chi connectivity index (χ0) is 18.0. The lowest BCUT2D eigenvalue weighted by molar-refractivity contribution is -0.162. The third kappa shape index (κ3) is 4.17. The van der Waals surface area contributed by atoms with Gasteiger partial charge in [-0.2, -0.15) is 0 Å². The summed E-state index contributed by atoms with van der Waals surface area (Å²) in [6, 6.07) is 8.22. The highest BCUT2D eigenvalue weighted by Crippen LogP contribution is 2.30. The van der Waals surface area contributed by atoms with Crippen molar-refractivity contribution < 1.29 is 28.2 Å². The van der Waals surface area contributed by atoms with Gasteiger partial charge in [-0.05, 0) is 18.2 Å². The fraction of sp³-hybridized carbons (Fsp3) is 0.389. The third-order valence-electron chi connectivity index (χ3n) is 3.94. The van der Waals surface area contributed by atoms with Crippen molar-refractivity contribution in [2.45, 2.75) is 45.0 Å². The van der Waals surface area contributed by atoms with Crippen molar-refractivity contribution in [1.29, 1.82) is 0 Å². The predicted molar refractivity (Wildman–Crippen MR) is 87.2 cm³/mol. The molecule has 3 atom stereocenters. The van der Waals surface area contributed by atoms with Gasteiger partial charge in [0, 0.05) is 44.2 Å². The molecule has 2 aromatic rings. The molecule has 0 unspecified atom stereocenters. The van der Waals surface area contributed by atoms with Gasteiger partial charge in [0.25, 0.3) is 0 Å². The molecule has 1 aromatic carbocycles. The van der Waals surface area contributed by atoms with Crippen LogP contribution < -0.4 is 10.4 Å². The minimum atomic E-state index is -0.537. The molecule has 132 valence electrons. The first-order chi connectivity index (χ1) is 11.9. The fourth-order valence-corrected chi connectivity index (χ4v) is 3.00. The van der Waals surface area contributed by atoms with Crippen LogP contribution in [0, 0.1) is 0 Å². The summed E-state index contributed by atoms with van der Waals surface area (Å²) in [5, 5.41) is 0.786. The van der Waals surface area contributed by atoms with Gasteiger partial charge in [-0.3, -0.25) is 9.59 Å². The molecule has 0 N–H and O–H groups in total. The number of hydrogen-bond donors (Lipinski definition) is 0. The van der Waals surface area contributed by atoms with Gasteiger partial charge in [0.1, 0.15) is 29.6 Å².